The molecule has 0 unspecified atom stereocenters. The minimum Gasteiger partial charge on any atom is -0.454 e. The molecule has 0 fully saturated rings. The molecule has 0 aliphatic carbocycles. The fraction of sp³-hybridized carbons (Fsp3) is 0. The molecule has 0 bridgehead atoms. The molecule has 0 aliphatic rings. The predicted octanol–water partition coefficient (Wildman–Crippen LogP) is 12.8. The van der Waals surface area contributed by atoms with E-state index in [1.54, 1.807) is 45.3 Å². The molecular formula is C36H18N2OS5. The van der Waals surface area contributed by atoms with Crippen molar-refractivity contribution >= 4 is 107 Å². The van der Waals surface area contributed by atoms with E-state index in [0.29, 0.717) is 0 Å². The third-order valence-electron chi connectivity index (χ3n) is 7.87. The summed E-state index contributed by atoms with van der Waals surface area (Å²) in [4.78, 5) is 14.5. The van der Waals surface area contributed by atoms with Gasteiger partial charge in [0, 0.05) is 36.4 Å². The Bertz CT molecular complexity index is 2420. The first-order valence-electron chi connectivity index (χ1n) is 14.0. The Labute approximate surface area is 271 Å². The normalized spacial score (nSPS) is 12.1. The van der Waals surface area contributed by atoms with Crippen molar-refractivity contribution in [3.63, 3.8) is 0 Å². The molecule has 10 rings (SSSR count). The molecule has 0 atom stereocenters. The SMILES string of the molecule is c1ccc(-c2nc3sc(-c4ccc5c(c4)oc4c6ccc(-c7cc8sc(-c9ccccc9)nc8s7)cc6sc54)cc3s2)cc1. The molecule has 8 heteroatoms. The van der Waals surface area contributed by atoms with Gasteiger partial charge in [0.2, 0.25) is 0 Å². The van der Waals surface area contributed by atoms with Crippen LogP contribution in [0.3, 0.4) is 0 Å². The van der Waals surface area contributed by atoms with E-state index in [4.69, 9.17) is 14.4 Å². The van der Waals surface area contributed by atoms with Crippen LogP contribution in [0.25, 0.3) is 92.4 Å². The summed E-state index contributed by atoms with van der Waals surface area (Å²) in [6.07, 6.45) is 0. The molecule has 4 aromatic carbocycles. The fourth-order valence-corrected chi connectivity index (χ4v) is 11.4. The van der Waals surface area contributed by atoms with Gasteiger partial charge in [-0.3, -0.25) is 0 Å². The van der Waals surface area contributed by atoms with Gasteiger partial charge in [-0.1, -0.05) is 72.8 Å². The van der Waals surface area contributed by atoms with Gasteiger partial charge in [0.15, 0.2) is 5.58 Å². The number of fused-ring (bicyclic) bond motifs is 7. The number of benzene rings is 4. The Morgan fingerprint density at radius 3 is 1.61 bits per heavy atom. The van der Waals surface area contributed by atoms with Gasteiger partial charge in [0.05, 0.1) is 14.1 Å². The summed E-state index contributed by atoms with van der Waals surface area (Å²) in [6.45, 7) is 0. The Kier molecular flexibility index (Phi) is 5.53. The lowest BCUT2D eigenvalue weighted by Crippen LogP contribution is -1.74. The molecule has 0 spiro atoms. The van der Waals surface area contributed by atoms with Crippen LogP contribution in [0.4, 0.5) is 0 Å². The molecule has 0 amide bonds. The van der Waals surface area contributed by atoms with Crippen molar-refractivity contribution in [2.45, 2.75) is 0 Å². The van der Waals surface area contributed by atoms with Gasteiger partial charge in [-0.2, -0.15) is 0 Å². The molecule has 10 aromatic rings. The average molecular weight is 655 g/mol. The predicted molar refractivity (Wildman–Crippen MR) is 193 cm³/mol. The zero-order valence-electron chi connectivity index (χ0n) is 22.7. The minimum atomic E-state index is 0.934. The summed E-state index contributed by atoms with van der Waals surface area (Å²) in [7, 11) is 0. The number of hydrogen-bond acceptors (Lipinski definition) is 8. The van der Waals surface area contributed by atoms with Crippen LogP contribution in [0.2, 0.25) is 0 Å². The van der Waals surface area contributed by atoms with E-state index in [-0.39, 0.29) is 0 Å². The maximum absolute atomic E-state index is 6.53. The van der Waals surface area contributed by atoms with Crippen LogP contribution < -0.4 is 0 Å². The van der Waals surface area contributed by atoms with Crippen molar-refractivity contribution in [1.82, 2.24) is 9.97 Å². The monoisotopic (exact) mass is 654 g/mol. The quantitative estimate of drug-likeness (QED) is 0.190. The summed E-state index contributed by atoms with van der Waals surface area (Å²) in [5, 5.41) is 4.49. The Hall–Kier alpha value is -4.18. The molecule has 6 heterocycles. The van der Waals surface area contributed by atoms with Crippen LogP contribution in [0, 0.1) is 0 Å². The van der Waals surface area contributed by atoms with Crippen LogP contribution in [-0.4, -0.2) is 9.97 Å². The number of furan rings is 1. The number of nitrogens with zero attached hydrogens (tertiary/aromatic N) is 2. The Morgan fingerprint density at radius 2 is 1.02 bits per heavy atom. The fourth-order valence-electron chi connectivity index (χ4n) is 5.73. The molecule has 0 saturated heterocycles. The van der Waals surface area contributed by atoms with Gasteiger partial charge < -0.3 is 4.42 Å². The molecular weight excluding hydrogens is 637 g/mol. The highest BCUT2D eigenvalue weighted by Crippen LogP contribution is 2.46. The van der Waals surface area contributed by atoms with E-state index in [1.165, 1.54) is 61.6 Å². The van der Waals surface area contributed by atoms with Gasteiger partial charge in [-0.05, 0) is 47.5 Å². The van der Waals surface area contributed by atoms with Crippen molar-refractivity contribution in [2.24, 2.45) is 0 Å². The van der Waals surface area contributed by atoms with Crippen LogP contribution in [-0.2, 0) is 0 Å². The molecule has 6 aromatic heterocycles. The van der Waals surface area contributed by atoms with E-state index in [9.17, 15) is 0 Å². The van der Waals surface area contributed by atoms with Gasteiger partial charge in [-0.25, -0.2) is 9.97 Å². The second-order valence-electron chi connectivity index (χ2n) is 10.6. The third-order valence-corrected chi connectivity index (χ3v) is 13.6. The molecule has 0 radical (unpaired) electrons. The Morgan fingerprint density at radius 1 is 0.455 bits per heavy atom. The molecule has 3 nitrogen and oxygen atoms in total. The number of aromatic nitrogens is 2. The van der Waals surface area contributed by atoms with Gasteiger partial charge >= 0.3 is 0 Å². The number of rotatable bonds is 4. The summed E-state index contributed by atoms with van der Waals surface area (Å²) < 4.78 is 11.5. The lowest BCUT2D eigenvalue weighted by molar-refractivity contribution is 0.673. The summed E-state index contributed by atoms with van der Waals surface area (Å²) in [5.41, 5.74) is 6.65. The largest absolute Gasteiger partial charge is 0.454 e. The molecule has 0 N–H and O–H groups in total. The zero-order chi connectivity index (χ0) is 28.8. The molecule has 0 saturated carbocycles. The zero-order valence-corrected chi connectivity index (χ0v) is 26.8. The first-order valence-corrected chi connectivity index (χ1v) is 18.1. The van der Waals surface area contributed by atoms with Crippen molar-refractivity contribution < 1.29 is 4.42 Å². The van der Waals surface area contributed by atoms with Crippen molar-refractivity contribution in [3.8, 4) is 42.0 Å². The first-order chi connectivity index (χ1) is 21.7. The van der Waals surface area contributed by atoms with Crippen molar-refractivity contribution in [1.29, 1.82) is 0 Å². The van der Waals surface area contributed by atoms with Gasteiger partial charge in [0.25, 0.3) is 0 Å². The topological polar surface area (TPSA) is 38.9 Å². The van der Waals surface area contributed by atoms with E-state index in [1.807, 2.05) is 23.5 Å². The van der Waals surface area contributed by atoms with E-state index < -0.39 is 0 Å². The van der Waals surface area contributed by atoms with Crippen molar-refractivity contribution in [2.75, 3.05) is 0 Å². The van der Waals surface area contributed by atoms with Gasteiger partial charge in [0.1, 0.15) is 25.3 Å². The summed E-state index contributed by atoms with van der Waals surface area (Å²) in [5.74, 6) is 0. The number of thiophene rings is 3. The van der Waals surface area contributed by atoms with Crippen LogP contribution in [0.1, 0.15) is 0 Å². The maximum atomic E-state index is 6.53. The maximum Gasteiger partial charge on any atom is 0.154 e. The minimum absolute atomic E-state index is 0.934. The smallest absolute Gasteiger partial charge is 0.154 e. The summed E-state index contributed by atoms with van der Waals surface area (Å²) >= 11 is 8.84. The second-order valence-corrected chi connectivity index (χ2v) is 15.8. The second kappa shape index (κ2) is 9.66. The molecule has 208 valence electrons. The highest BCUT2D eigenvalue weighted by atomic mass is 32.1. The van der Waals surface area contributed by atoms with Crippen LogP contribution >= 0.6 is 56.7 Å². The first kappa shape index (κ1) is 25.2. The highest BCUT2D eigenvalue weighted by Gasteiger charge is 2.18. The van der Waals surface area contributed by atoms with Crippen molar-refractivity contribution in [3.05, 3.63) is 109 Å². The van der Waals surface area contributed by atoms with Crippen LogP contribution in [0.15, 0.2) is 114 Å². The summed E-state index contributed by atoms with van der Waals surface area (Å²) in [6, 6.07) is 38.7. The standard InChI is InChI=1S/C36H18N2OS5/c1-3-7-19(8-4-1)33-37-35-29(43-33)17-26(41-35)21-11-13-23-25(15-21)39-31-24-14-12-22(16-28(24)40-32(23)31)27-18-30-36(42-27)38-34(44-30)20-9-5-2-6-10-20/h1-18H. The molecule has 0 aliphatic heterocycles. The molecule has 44 heavy (non-hydrogen) atoms. The number of hydrogen-bond donors (Lipinski definition) is 0. The Balaban J connectivity index is 0.984. The van der Waals surface area contributed by atoms with E-state index in [0.717, 1.165) is 30.8 Å². The number of thiazole rings is 2. The van der Waals surface area contributed by atoms with E-state index in [2.05, 4.69) is 97.1 Å². The van der Waals surface area contributed by atoms with Gasteiger partial charge in [-0.15, -0.1) is 56.7 Å². The average Bonchev–Trinajstić information content (AvgIpc) is 3.89. The lowest BCUT2D eigenvalue weighted by atomic mass is 10.1. The van der Waals surface area contributed by atoms with E-state index >= 15 is 0 Å². The lowest BCUT2D eigenvalue weighted by Gasteiger charge is -1.99. The highest BCUT2D eigenvalue weighted by molar-refractivity contribution is 7.31. The third kappa shape index (κ3) is 3.96. The van der Waals surface area contributed by atoms with Crippen LogP contribution in [0.5, 0.6) is 0 Å².